The summed E-state index contributed by atoms with van der Waals surface area (Å²) in [4.78, 5) is 13.3. The quantitative estimate of drug-likeness (QED) is 0.207. The van der Waals surface area contributed by atoms with Crippen molar-refractivity contribution in [3.8, 4) is 0 Å². The van der Waals surface area contributed by atoms with E-state index in [-0.39, 0.29) is 22.2 Å². The van der Waals surface area contributed by atoms with Crippen LogP contribution in [-0.4, -0.2) is 24.9 Å². The van der Waals surface area contributed by atoms with E-state index in [9.17, 15) is 4.79 Å². The standard InChI is InChI=1S/C31H47NO2S/c1-29(2,3)24-11-13-27(14-12-24)35-18-15-28(33)34-17-10-16-32-22-23-19-25(30(4,5)6)21-26(20-23)31(7,8)9/h11-14,19-21,32H,10,15-18,22H2,1-9H3. The number of hydrogen-bond donors (Lipinski definition) is 1. The zero-order valence-corrected chi connectivity index (χ0v) is 24.3. The van der Waals surface area contributed by atoms with Gasteiger partial charge in [-0.3, -0.25) is 4.79 Å². The highest BCUT2D eigenvalue weighted by atomic mass is 32.2. The molecule has 0 aliphatic heterocycles. The molecule has 0 aliphatic carbocycles. The Hall–Kier alpha value is -1.78. The Balaban J connectivity index is 1.68. The first-order chi connectivity index (χ1) is 16.2. The first-order valence-electron chi connectivity index (χ1n) is 12.9. The largest absolute Gasteiger partial charge is 0.466 e. The Kier molecular flexibility index (Phi) is 10.5. The zero-order valence-electron chi connectivity index (χ0n) is 23.5. The predicted octanol–water partition coefficient (Wildman–Crippen LogP) is 7.78. The molecular weight excluding hydrogens is 450 g/mol. The van der Waals surface area contributed by atoms with Gasteiger partial charge in [0.1, 0.15) is 0 Å². The minimum atomic E-state index is -0.114. The third kappa shape index (κ3) is 10.4. The summed E-state index contributed by atoms with van der Waals surface area (Å²) in [5, 5.41) is 3.52. The summed E-state index contributed by atoms with van der Waals surface area (Å²) in [6, 6.07) is 15.6. The van der Waals surface area contributed by atoms with Crippen molar-refractivity contribution >= 4 is 17.7 Å². The molecule has 0 heterocycles. The second kappa shape index (κ2) is 12.5. The summed E-state index contributed by atoms with van der Waals surface area (Å²) in [6.45, 7) is 22.4. The van der Waals surface area contributed by atoms with Crippen molar-refractivity contribution in [1.29, 1.82) is 0 Å². The fourth-order valence-electron chi connectivity index (χ4n) is 3.65. The van der Waals surface area contributed by atoms with Gasteiger partial charge in [0.05, 0.1) is 13.0 Å². The van der Waals surface area contributed by atoms with E-state index in [0.29, 0.717) is 13.0 Å². The lowest BCUT2D eigenvalue weighted by Gasteiger charge is -2.26. The Morgan fingerprint density at radius 1 is 0.800 bits per heavy atom. The van der Waals surface area contributed by atoms with E-state index < -0.39 is 0 Å². The average Bonchev–Trinajstić information content (AvgIpc) is 2.74. The molecule has 3 nitrogen and oxygen atoms in total. The van der Waals surface area contributed by atoms with Crippen LogP contribution in [0.1, 0.15) is 97.4 Å². The Labute approximate surface area is 218 Å². The molecule has 0 saturated carbocycles. The lowest BCUT2D eigenvalue weighted by molar-refractivity contribution is -0.143. The molecule has 0 aromatic heterocycles. The third-order valence-electron chi connectivity index (χ3n) is 6.11. The van der Waals surface area contributed by atoms with Crippen LogP contribution in [0.4, 0.5) is 0 Å². The molecule has 0 radical (unpaired) electrons. The first kappa shape index (κ1) is 29.5. The molecule has 2 aromatic rings. The number of hydrogen-bond acceptors (Lipinski definition) is 4. The lowest BCUT2D eigenvalue weighted by Crippen LogP contribution is -2.20. The number of carbonyl (C=O) groups is 1. The molecule has 0 atom stereocenters. The van der Waals surface area contributed by atoms with E-state index in [1.807, 2.05) is 0 Å². The molecule has 0 bridgehead atoms. The maximum Gasteiger partial charge on any atom is 0.306 e. The molecule has 2 rings (SSSR count). The van der Waals surface area contributed by atoms with Gasteiger partial charge in [0.25, 0.3) is 0 Å². The monoisotopic (exact) mass is 497 g/mol. The van der Waals surface area contributed by atoms with Crippen molar-refractivity contribution < 1.29 is 9.53 Å². The number of benzene rings is 2. The van der Waals surface area contributed by atoms with Crippen LogP contribution in [0.15, 0.2) is 47.4 Å². The molecule has 2 aromatic carbocycles. The average molecular weight is 498 g/mol. The van der Waals surface area contributed by atoms with Crippen molar-refractivity contribution in [1.82, 2.24) is 5.32 Å². The van der Waals surface area contributed by atoms with E-state index in [2.05, 4.69) is 110 Å². The van der Waals surface area contributed by atoms with Crippen LogP contribution >= 0.6 is 11.8 Å². The van der Waals surface area contributed by atoms with Gasteiger partial charge in [-0.1, -0.05) is 92.6 Å². The lowest BCUT2D eigenvalue weighted by atomic mass is 9.79. The molecule has 1 N–H and O–H groups in total. The Morgan fingerprint density at radius 3 is 1.86 bits per heavy atom. The fourth-order valence-corrected chi connectivity index (χ4v) is 4.48. The predicted molar refractivity (Wildman–Crippen MR) is 152 cm³/mol. The van der Waals surface area contributed by atoms with Crippen molar-refractivity contribution in [3.05, 3.63) is 64.7 Å². The van der Waals surface area contributed by atoms with Crippen LogP contribution in [0.25, 0.3) is 0 Å². The highest BCUT2D eigenvalue weighted by molar-refractivity contribution is 7.99. The number of thioether (sulfide) groups is 1. The molecular formula is C31H47NO2S. The highest BCUT2D eigenvalue weighted by Crippen LogP contribution is 2.30. The van der Waals surface area contributed by atoms with Gasteiger partial charge in [0.15, 0.2) is 0 Å². The Morgan fingerprint density at radius 2 is 1.34 bits per heavy atom. The van der Waals surface area contributed by atoms with Crippen LogP contribution in [0.3, 0.4) is 0 Å². The van der Waals surface area contributed by atoms with E-state index in [0.717, 1.165) is 25.3 Å². The maximum atomic E-state index is 12.1. The van der Waals surface area contributed by atoms with Crippen molar-refractivity contribution in [2.24, 2.45) is 0 Å². The van der Waals surface area contributed by atoms with Gasteiger partial charge in [0.2, 0.25) is 0 Å². The number of nitrogens with one attached hydrogen (secondary N) is 1. The molecule has 0 unspecified atom stereocenters. The van der Waals surface area contributed by atoms with Crippen molar-refractivity contribution in [2.75, 3.05) is 18.9 Å². The second-order valence-electron chi connectivity index (χ2n) is 12.5. The van der Waals surface area contributed by atoms with Crippen LogP contribution in [0.5, 0.6) is 0 Å². The van der Waals surface area contributed by atoms with Crippen molar-refractivity contribution in [3.63, 3.8) is 0 Å². The fraction of sp³-hybridized carbons (Fsp3) is 0.581. The molecule has 0 spiro atoms. The van der Waals surface area contributed by atoms with E-state index in [4.69, 9.17) is 4.74 Å². The normalized spacial score (nSPS) is 12.6. The molecule has 194 valence electrons. The van der Waals surface area contributed by atoms with Gasteiger partial charge in [-0.05, 0) is 63.6 Å². The van der Waals surface area contributed by atoms with Gasteiger partial charge >= 0.3 is 5.97 Å². The molecule has 0 amide bonds. The molecule has 0 saturated heterocycles. The van der Waals surface area contributed by atoms with E-state index in [1.54, 1.807) is 11.8 Å². The topological polar surface area (TPSA) is 38.3 Å². The SMILES string of the molecule is CC(C)(C)c1ccc(SCCC(=O)OCCCNCc2cc(C(C)(C)C)cc(C(C)(C)C)c2)cc1. The van der Waals surface area contributed by atoms with E-state index >= 15 is 0 Å². The number of rotatable bonds is 10. The van der Waals surface area contributed by atoms with Gasteiger partial charge < -0.3 is 10.1 Å². The third-order valence-corrected chi connectivity index (χ3v) is 7.12. The maximum absolute atomic E-state index is 12.1. The molecule has 0 aliphatic rings. The number of ether oxygens (including phenoxy) is 1. The molecule has 4 heteroatoms. The first-order valence-corrected chi connectivity index (χ1v) is 13.9. The van der Waals surface area contributed by atoms with Crippen LogP contribution < -0.4 is 5.32 Å². The van der Waals surface area contributed by atoms with Gasteiger partial charge in [0, 0.05) is 17.2 Å². The van der Waals surface area contributed by atoms with Gasteiger partial charge in [-0.25, -0.2) is 0 Å². The van der Waals surface area contributed by atoms with E-state index in [1.165, 1.54) is 27.1 Å². The molecule has 0 fully saturated rings. The minimum absolute atomic E-state index is 0.114. The summed E-state index contributed by atoms with van der Waals surface area (Å²) in [5.74, 6) is 0.628. The summed E-state index contributed by atoms with van der Waals surface area (Å²) in [5.41, 5.74) is 5.79. The molecule has 35 heavy (non-hydrogen) atoms. The van der Waals surface area contributed by atoms with Gasteiger partial charge in [-0.15, -0.1) is 11.8 Å². The minimum Gasteiger partial charge on any atom is -0.466 e. The van der Waals surface area contributed by atoms with Crippen LogP contribution in [-0.2, 0) is 32.3 Å². The smallest absolute Gasteiger partial charge is 0.306 e. The van der Waals surface area contributed by atoms with Crippen molar-refractivity contribution in [2.45, 2.75) is 103 Å². The second-order valence-corrected chi connectivity index (χ2v) is 13.7. The number of esters is 1. The summed E-state index contributed by atoms with van der Waals surface area (Å²) >= 11 is 1.71. The summed E-state index contributed by atoms with van der Waals surface area (Å²) in [6.07, 6.45) is 1.26. The van der Waals surface area contributed by atoms with Crippen LogP contribution in [0.2, 0.25) is 0 Å². The van der Waals surface area contributed by atoms with Crippen LogP contribution in [0, 0.1) is 0 Å². The zero-order chi connectivity index (χ0) is 26.3. The number of carbonyl (C=O) groups excluding carboxylic acids is 1. The summed E-state index contributed by atoms with van der Waals surface area (Å²) in [7, 11) is 0. The Bertz CT molecular complexity index is 912. The highest BCUT2D eigenvalue weighted by Gasteiger charge is 2.20. The van der Waals surface area contributed by atoms with Gasteiger partial charge in [-0.2, -0.15) is 0 Å². The summed E-state index contributed by atoms with van der Waals surface area (Å²) < 4.78 is 5.43.